The van der Waals surface area contributed by atoms with E-state index in [0.717, 1.165) is 11.4 Å². The van der Waals surface area contributed by atoms with Crippen LogP contribution in [0.1, 0.15) is 11.4 Å². The molecule has 0 aromatic carbocycles. The van der Waals surface area contributed by atoms with Crippen molar-refractivity contribution in [1.29, 1.82) is 0 Å². The van der Waals surface area contributed by atoms with Crippen molar-refractivity contribution in [2.45, 2.75) is 6.92 Å². The third-order valence-corrected chi connectivity index (χ3v) is 2.48. The average molecular weight is 244 g/mol. The summed E-state index contributed by atoms with van der Waals surface area (Å²) in [6.07, 6.45) is 1.75. The molecule has 0 amide bonds. The average Bonchev–Trinajstić information content (AvgIpc) is 2.32. The highest BCUT2D eigenvalue weighted by Gasteiger charge is 2.02. The SMILES string of the molecule is Cc1ncccc1Nc1cccc(C(N)=S)n1. The van der Waals surface area contributed by atoms with Gasteiger partial charge in [-0.15, -0.1) is 0 Å². The van der Waals surface area contributed by atoms with Gasteiger partial charge >= 0.3 is 0 Å². The molecule has 0 fully saturated rings. The Labute approximate surface area is 105 Å². The first-order chi connectivity index (χ1) is 8.16. The quantitative estimate of drug-likeness (QED) is 0.810. The number of pyridine rings is 2. The number of anilines is 2. The normalized spacial score (nSPS) is 9.94. The predicted octanol–water partition coefficient (Wildman–Crippen LogP) is 2.16. The number of thiocarbonyl (C=S) groups is 1. The van der Waals surface area contributed by atoms with Gasteiger partial charge in [-0.3, -0.25) is 4.98 Å². The van der Waals surface area contributed by atoms with Gasteiger partial charge in [-0.05, 0) is 31.2 Å². The van der Waals surface area contributed by atoms with Gasteiger partial charge in [0.05, 0.1) is 17.1 Å². The first-order valence-electron chi connectivity index (χ1n) is 5.12. The monoisotopic (exact) mass is 244 g/mol. The Morgan fingerprint density at radius 3 is 2.82 bits per heavy atom. The number of aromatic nitrogens is 2. The van der Waals surface area contributed by atoms with E-state index >= 15 is 0 Å². The van der Waals surface area contributed by atoms with Crippen LogP contribution < -0.4 is 11.1 Å². The number of hydrogen-bond donors (Lipinski definition) is 2. The maximum atomic E-state index is 5.53. The molecule has 5 heteroatoms. The highest BCUT2D eigenvalue weighted by Crippen LogP contribution is 2.16. The Kier molecular flexibility index (Phi) is 3.30. The standard InChI is InChI=1S/C12H12N4S/c1-8-9(5-3-7-14-8)15-11-6-2-4-10(16-11)12(13)17/h2-7H,1H3,(H2,13,17)(H,15,16). The van der Waals surface area contributed by atoms with E-state index in [1.54, 1.807) is 12.3 Å². The lowest BCUT2D eigenvalue weighted by molar-refractivity contribution is 1.19. The maximum absolute atomic E-state index is 5.53. The summed E-state index contributed by atoms with van der Waals surface area (Å²) >= 11 is 4.89. The Hall–Kier alpha value is -2.01. The van der Waals surface area contributed by atoms with Crippen LogP contribution in [0, 0.1) is 6.92 Å². The molecule has 0 atom stereocenters. The summed E-state index contributed by atoms with van der Waals surface area (Å²) in [5, 5.41) is 3.18. The van der Waals surface area contributed by atoms with E-state index in [-0.39, 0.29) is 4.99 Å². The van der Waals surface area contributed by atoms with E-state index in [1.807, 2.05) is 31.2 Å². The van der Waals surface area contributed by atoms with Gasteiger partial charge in [0.25, 0.3) is 0 Å². The predicted molar refractivity (Wildman–Crippen MR) is 72.4 cm³/mol. The van der Waals surface area contributed by atoms with Crippen molar-refractivity contribution in [1.82, 2.24) is 9.97 Å². The minimum absolute atomic E-state index is 0.288. The largest absolute Gasteiger partial charge is 0.388 e. The zero-order chi connectivity index (χ0) is 12.3. The lowest BCUT2D eigenvalue weighted by Gasteiger charge is -2.08. The fraction of sp³-hybridized carbons (Fsp3) is 0.0833. The fourth-order valence-corrected chi connectivity index (χ4v) is 1.51. The van der Waals surface area contributed by atoms with E-state index in [0.29, 0.717) is 11.5 Å². The molecule has 0 aliphatic rings. The third kappa shape index (κ3) is 2.76. The minimum atomic E-state index is 0.288. The summed E-state index contributed by atoms with van der Waals surface area (Å²) in [4.78, 5) is 8.78. The number of rotatable bonds is 3. The number of hydrogen-bond acceptors (Lipinski definition) is 4. The molecule has 2 heterocycles. The van der Waals surface area contributed by atoms with E-state index in [1.165, 1.54) is 0 Å². The first kappa shape index (κ1) is 11.5. The molecule has 0 radical (unpaired) electrons. The summed E-state index contributed by atoms with van der Waals surface area (Å²) in [7, 11) is 0. The van der Waals surface area contributed by atoms with Crippen LogP contribution in [0.5, 0.6) is 0 Å². The number of nitrogens with zero attached hydrogens (tertiary/aromatic N) is 2. The number of nitrogens with one attached hydrogen (secondary N) is 1. The van der Waals surface area contributed by atoms with Crippen molar-refractivity contribution in [3.63, 3.8) is 0 Å². The highest BCUT2D eigenvalue weighted by atomic mass is 32.1. The maximum Gasteiger partial charge on any atom is 0.131 e. The molecule has 17 heavy (non-hydrogen) atoms. The van der Waals surface area contributed by atoms with Crippen molar-refractivity contribution >= 4 is 28.7 Å². The van der Waals surface area contributed by atoms with Gasteiger partial charge in [0.1, 0.15) is 10.8 Å². The van der Waals surface area contributed by atoms with Crippen LogP contribution >= 0.6 is 12.2 Å². The summed E-state index contributed by atoms with van der Waals surface area (Å²) in [5.74, 6) is 0.700. The zero-order valence-electron chi connectivity index (χ0n) is 9.34. The molecule has 0 aliphatic carbocycles. The van der Waals surface area contributed by atoms with Crippen LogP contribution in [0.15, 0.2) is 36.5 Å². The van der Waals surface area contributed by atoms with Crippen LogP contribution in [0.4, 0.5) is 11.5 Å². The molecule has 0 aliphatic heterocycles. The smallest absolute Gasteiger partial charge is 0.131 e. The van der Waals surface area contributed by atoms with Gasteiger partial charge in [0.2, 0.25) is 0 Å². The molecule has 2 aromatic heterocycles. The van der Waals surface area contributed by atoms with Gasteiger partial charge in [-0.1, -0.05) is 18.3 Å². The molecule has 3 N–H and O–H groups in total. The molecule has 0 spiro atoms. The van der Waals surface area contributed by atoms with Crippen LogP contribution in [0.25, 0.3) is 0 Å². The molecule has 2 aromatic rings. The Morgan fingerprint density at radius 2 is 2.12 bits per heavy atom. The van der Waals surface area contributed by atoms with Gasteiger partial charge < -0.3 is 11.1 Å². The van der Waals surface area contributed by atoms with Crippen LogP contribution in [-0.4, -0.2) is 15.0 Å². The van der Waals surface area contributed by atoms with Crippen molar-refractivity contribution in [3.05, 3.63) is 47.9 Å². The lowest BCUT2D eigenvalue weighted by atomic mass is 10.3. The topological polar surface area (TPSA) is 63.8 Å². The van der Waals surface area contributed by atoms with E-state index < -0.39 is 0 Å². The molecule has 2 rings (SSSR count). The summed E-state index contributed by atoms with van der Waals surface area (Å²) < 4.78 is 0. The number of aryl methyl sites for hydroxylation is 1. The number of nitrogens with two attached hydrogens (primary N) is 1. The van der Waals surface area contributed by atoms with Crippen molar-refractivity contribution in [3.8, 4) is 0 Å². The van der Waals surface area contributed by atoms with E-state index in [4.69, 9.17) is 18.0 Å². The van der Waals surface area contributed by atoms with Crippen molar-refractivity contribution in [2.75, 3.05) is 5.32 Å². The molecule has 0 saturated carbocycles. The Balaban J connectivity index is 2.28. The summed E-state index contributed by atoms with van der Waals surface area (Å²) in [6.45, 7) is 1.93. The van der Waals surface area contributed by atoms with Gasteiger partial charge in [0.15, 0.2) is 0 Å². The van der Waals surface area contributed by atoms with Gasteiger partial charge in [-0.2, -0.15) is 0 Å². The van der Waals surface area contributed by atoms with Crippen LogP contribution in [-0.2, 0) is 0 Å². The van der Waals surface area contributed by atoms with Crippen molar-refractivity contribution < 1.29 is 0 Å². The molecule has 0 bridgehead atoms. The molecule has 86 valence electrons. The molecular formula is C12H12N4S. The van der Waals surface area contributed by atoms with Gasteiger partial charge in [0, 0.05) is 6.20 Å². The van der Waals surface area contributed by atoms with E-state index in [2.05, 4.69) is 15.3 Å². The van der Waals surface area contributed by atoms with Crippen LogP contribution in [0.2, 0.25) is 0 Å². The highest BCUT2D eigenvalue weighted by molar-refractivity contribution is 7.80. The first-order valence-corrected chi connectivity index (χ1v) is 5.53. The Bertz CT molecular complexity index is 554. The Morgan fingerprint density at radius 1 is 1.29 bits per heavy atom. The summed E-state index contributed by atoms with van der Waals surface area (Å²) in [6, 6.07) is 9.30. The lowest BCUT2D eigenvalue weighted by Crippen LogP contribution is -2.12. The second kappa shape index (κ2) is 4.88. The van der Waals surface area contributed by atoms with E-state index in [9.17, 15) is 0 Å². The molecule has 4 nitrogen and oxygen atoms in total. The molecule has 0 unspecified atom stereocenters. The summed E-state index contributed by atoms with van der Waals surface area (Å²) in [5.41, 5.74) is 7.97. The molecular weight excluding hydrogens is 232 g/mol. The van der Waals surface area contributed by atoms with Gasteiger partial charge in [-0.25, -0.2) is 4.98 Å². The minimum Gasteiger partial charge on any atom is -0.388 e. The van der Waals surface area contributed by atoms with Crippen molar-refractivity contribution in [2.24, 2.45) is 5.73 Å². The zero-order valence-corrected chi connectivity index (χ0v) is 10.2. The third-order valence-electron chi connectivity index (χ3n) is 2.27. The second-order valence-electron chi connectivity index (χ2n) is 3.53. The van der Waals surface area contributed by atoms with Crippen LogP contribution in [0.3, 0.4) is 0 Å². The fourth-order valence-electron chi connectivity index (χ4n) is 1.40. The molecule has 0 saturated heterocycles. The second-order valence-corrected chi connectivity index (χ2v) is 3.97.